The van der Waals surface area contributed by atoms with Crippen LogP contribution >= 0.6 is 15.9 Å². The minimum absolute atomic E-state index is 0.250. The highest BCUT2D eigenvalue weighted by atomic mass is 79.9. The highest BCUT2D eigenvalue weighted by Crippen LogP contribution is 2.37. The second kappa shape index (κ2) is 5.78. The maximum atomic E-state index is 12.3. The Balaban J connectivity index is 2.30. The molecule has 1 aromatic heterocycles. The molecule has 3 aromatic rings. The van der Waals surface area contributed by atoms with Crippen LogP contribution in [-0.4, -0.2) is 13.0 Å². The molecule has 0 aliphatic heterocycles. The normalized spacial score (nSPS) is 10.5. The quantitative estimate of drug-likeness (QED) is 0.673. The van der Waals surface area contributed by atoms with E-state index in [1.807, 2.05) is 0 Å². The Bertz CT molecular complexity index is 953. The van der Waals surface area contributed by atoms with Crippen molar-refractivity contribution >= 4 is 38.5 Å². The first-order valence-electron chi connectivity index (χ1n) is 6.79. The van der Waals surface area contributed by atoms with Gasteiger partial charge >= 0.3 is 0 Å². The molecule has 0 radical (unpaired) electrons. The number of nitrogens with two attached hydrogens (primary N) is 1. The fraction of sp³-hybridized carbons (Fsp3) is 0.0588. The van der Waals surface area contributed by atoms with Crippen LogP contribution in [0.5, 0.6) is 0 Å². The third kappa shape index (κ3) is 2.56. The molecule has 0 saturated heterocycles. The number of anilines is 1. The number of rotatable bonds is 2. The number of hydrogen-bond donors (Lipinski definition) is 2. The van der Waals surface area contributed by atoms with Gasteiger partial charge in [-0.25, -0.2) is 0 Å². The largest absolute Gasteiger partial charge is 0.455 e. The number of benzene rings is 2. The van der Waals surface area contributed by atoms with E-state index in [-0.39, 0.29) is 5.91 Å². The summed E-state index contributed by atoms with van der Waals surface area (Å²) in [6.07, 6.45) is 0. The van der Waals surface area contributed by atoms with Crippen LogP contribution in [0.1, 0.15) is 15.9 Å². The lowest BCUT2D eigenvalue weighted by Gasteiger charge is -2.02. The van der Waals surface area contributed by atoms with Crippen molar-refractivity contribution in [2.24, 2.45) is 0 Å². The van der Waals surface area contributed by atoms with Crippen molar-refractivity contribution in [1.82, 2.24) is 5.32 Å². The zero-order valence-electron chi connectivity index (χ0n) is 12.2. The number of fused-ring (bicyclic) bond motifs is 1. The van der Waals surface area contributed by atoms with Gasteiger partial charge in [0.15, 0.2) is 0 Å². The predicted molar refractivity (Wildman–Crippen MR) is 91.9 cm³/mol. The first kappa shape index (κ1) is 15.1. The molecule has 1 amide bonds. The van der Waals surface area contributed by atoms with Crippen molar-refractivity contribution in [1.29, 1.82) is 5.26 Å². The topological polar surface area (TPSA) is 92.0 Å². The third-order valence-corrected chi connectivity index (χ3v) is 4.22. The molecule has 3 rings (SSSR count). The first-order chi connectivity index (χ1) is 11.0. The molecule has 0 aliphatic rings. The molecule has 2 aromatic carbocycles. The Morgan fingerprint density at radius 2 is 2.00 bits per heavy atom. The van der Waals surface area contributed by atoms with E-state index in [4.69, 9.17) is 15.4 Å². The van der Waals surface area contributed by atoms with Gasteiger partial charge in [-0.3, -0.25) is 4.79 Å². The third-order valence-electron chi connectivity index (χ3n) is 3.54. The molecule has 1 heterocycles. The summed E-state index contributed by atoms with van der Waals surface area (Å²) in [6.45, 7) is 0. The van der Waals surface area contributed by atoms with E-state index < -0.39 is 0 Å². The fourth-order valence-electron chi connectivity index (χ4n) is 2.38. The number of furan rings is 1. The van der Waals surface area contributed by atoms with Gasteiger partial charge in [-0.05, 0) is 46.3 Å². The Morgan fingerprint density at radius 3 is 2.61 bits per heavy atom. The lowest BCUT2D eigenvalue weighted by molar-refractivity contribution is 0.0964. The van der Waals surface area contributed by atoms with Gasteiger partial charge in [-0.2, -0.15) is 5.26 Å². The van der Waals surface area contributed by atoms with Gasteiger partial charge in [-0.15, -0.1) is 0 Å². The number of nitrogen functional groups attached to an aromatic ring is 1. The molecule has 0 bridgehead atoms. The summed E-state index contributed by atoms with van der Waals surface area (Å²) in [4.78, 5) is 12.3. The summed E-state index contributed by atoms with van der Waals surface area (Å²) >= 11 is 3.37. The smallest absolute Gasteiger partial charge is 0.255 e. The van der Waals surface area contributed by atoms with Gasteiger partial charge in [0.1, 0.15) is 11.3 Å². The van der Waals surface area contributed by atoms with Crippen molar-refractivity contribution in [3.8, 4) is 17.4 Å². The van der Waals surface area contributed by atoms with E-state index in [9.17, 15) is 4.79 Å². The van der Waals surface area contributed by atoms with Crippen molar-refractivity contribution in [3.63, 3.8) is 0 Å². The number of halogens is 1. The summed E-state index contributed by atoms with van der Waals surface area (Å²) in [6, 6.07) is 12.4. The standard InChI is InChI=1S/C17H12BrN3O2/c1-21-17(22)15-11-6-12(18)13(20)7-14(11)23-16(15)10-4-2-9(8-19)3-5-10/h2-7H,20H2,1H3,(H,21,22). The maximum Gasteiger partial charge on any atom is 0.255 e. The molecule has 0 unspecified atom stereocenters. The molecule has 0 aliphatic carbocycles. The predicted octanol–water partition coefficient (Wildman–Crippen LogP) is 3.68. The molecule has 0 fully saturated rings. The van der Waals surface area contributed by atoms with E-state index >= 15 is 0 Å². The zero-order valence-corrected chi connectivity index (χ0v) is 13.8. The highest BCUT2D eigenvalue weighted by Gasteiger charge is 2.22. The van der Waals surface area contributed by atoms with E-state index in [0.717, 1.165) is 0 Å². The number of carbonyl (C=O) groups excluding carboxylic acids is 1. The number of hydrogen-bond acceptors (Lipinski definition) is 4. The van der Waals surface area contributed by atoms with E-state index in [2.05, 4.69) is 27.3 Å². The van der Waals surface area contributed by atoms with E-state index in [0.29, 0.717) is 43.6 Å². The van der Waals surface area contributed by atoms with Crippen LogP contribution in [0, 0.1) is 11.3 Å². The second-order valence-corrected chi connectivity index (χ2v) is 5.80. The van der Waals surface area contributed by atoms with Crippen LogP contribution in [0.2, 0.25) is 0 Å². The summed E-state index contributed by atoms with van der Waals surface area (Å²) in [5.74, 6) is 0.195. The maximum absolute atomic E-state index is 12.3. The van der Waals surface area contributed by atoms with Crippen molar-refractivity contribution in [2.75, 3.05) is 12.8 Å². The molecular weight excluding hydrogens is 358 g/mol. The Kier molecular flexibility index (Phi) is 3.80. The van der Waals surface area contributed by atoms with Gasteiger partial charge in [0.05, 0.1) is 17.2 Å². The number of carbonyl (C=O) groups is 1. The summed E-state index contributed by atoms with van der Waals surface area (Å²) in [7, 11) is 1.57. The lowest BCUT2D eigenvalue weighted by atomic mass is 10.0. The van der Waals surface area contributed by atoms with Crippen LogP contribution in [0.4, 0.5) is 5.69 Å². The average molecular weight is 370 g/mol. The van der Waals surface area contributed by atoms with Gasteiger partial charge in [-0.1, -0.05) is 0 Å². The SMILES string of the molecule is CNC(=O)c1c(-c2ccc(C#N)cc2)oc2cc(N)c(Br)cc12. The molecule has 3 N–H and O–H groups in total. The van der Waals surface area contributed by atoms with Crippen LogP contribution in [0.15, 0.2) is 45.3 Å². The van der Waals surface area contributed by atoms with Crippen LogP contribution in [-0.2, 0) is 0 Å². The molecule has 6 heteroatoms. The van der Waals surface area contributed by atoms with Crippen LogP contribution < -0.4 is 11.1 Å². The minimum atomic E-state index is -0.250. The molecule has 5 nitrogen and oxygen atoms in total. The Morgan fingerprint density at radius 1 is 1.30 bits per heavy atom. The number of nitrogens with zero attached hydrogens (tertiary/aromatic N) is 1. The molecule has 0 spiro atoms. The fourth-order valence-corrected chi connectivity index (χ4v) is 2.73. The lowest BCUT2D eigenvalue weighted by Crippen LogP contribution is -2.18. The first-order valence-corrected chi connectivity index (χ1v) is 7.58. The van der Waals surface area contributed by atoms with Gasteiger partial charge in [0, 0.05) is 34.2 Å². The monoisotopic (exact) mass is 369 g/mol. The molecule has 0 atom stereocenters. The Labute approximate surface area is 140 Å². The number of nitrogens with one attached hydrogen (secondary N) is 1. The summed E-state index contributed by atoms with van der Waals surface area (Å²) in [5.41, 5.74) is 8.64. The van der Waals surface area contributed by atoms with Crippen LogP contribution in [0.3, 0.4) is 0 Å². The van der Waals surface area contributed by atoms with E-state index in [1.165, 1.54) is 0 Å². The van der Waals surface area contributed by atoms with Crippen molar-refractivity contribution < 1.29 is 9.21 Å². The van der Waals surface area contributed by atoms with Crippen molar-refractivity contribution in [3.05, 3.63) is 52.0 Å². The van der Waals surface area contributed by atoms with Crippen molar-refractivity contribution in [2.45, 2.75) is 0 Å². The molecule has 0 saturated carbocycles. The minimum Gasteiger partial charge on any atom is -0.455 e. The highest BCUT2D eigenvalue weighted by molar-refractivity contribution is 9.10. The Hall–Kier alpha value is -2.78. The van der Waals surface area contributed by atoms with Gasteiger partial charge in [0.25, 0.3) is 5.91 Å². The van der Waals surface area contributed by atoms with Gasteiger partial charge in [0.2, 0.25) is 0 Å². The number of nitriles is 1. The molecular formula is C17H12BrN3O2. The second-order valence-electron chi connectivity index (χ2n) is 4.94. The average Bonchev–Trinajstić information content (AvgIpc) is 2.93. The number of amides is 1. The van der Waals surface area contributed by atoms with Gasteiger partial charge < -0.3 is 15.5 Å². The summed E-state index contributed by atoms with van der Waals surface area (Å²) < 4.78 is 6.57. The molecule has 23 heavy (non-hydrogen) atoms. The zero-order chi connectivity index (χ0) is 16.6. The summed E-state index contributed by atoms with van der Waals surface area (Å²) in [5, 5.41) is 12.2. The molecule has 114 valence electrons. The van der Waals surface area contributed by atoms with Crippen LogP contribution in [0.25, 0.3) is 22.3 Å². The van der Waals surface area contributed by atoms with E-state index in [1.54, 1.807) is 43.4 Å².